The molecule has 0 heterocycles. The minimum absolute atomic E-state index is 0.151. The summed E-state index contributed by atoms with van der Waals surface area (Å²) in [7, 11) is 0. The normalized spacial score (nSPS) is 10.8. The molecule has 0 bridgehead atoms. The lowest BCUT2D eigenvalue weighted by atomic mass is 10.1. The van der Waals surface area contributed by atoms with E-state index in [1.165, 1.54) is 19.2 Å². The van der Waals surface area contributed by atoms with Crippen molar-refractivity contribution in [2.45, 2.75) is 13.3 Å². The molecule has 0 unspecified atom stereocenters. The van der Waals surface area contributed by atoms with E-state index in [4.69, 9.17) is 23.2 Å². The Morgan fingerprint density at radius 2 is 2.08 bits per heavy atom. The van der Waals surface area contributed by atoms with Gasteiger partial charge >= 0.3 is 0 Å². The van der Waals surface area contributed by atoms with Gasteiger partial charge in [0.05, 0.1) is 21.4 Å². The van der Waals surface area contributed by atoms with E-state index >= 15 is 0 Å². The van der Waals surface area contributed by atoms with Crippen LogP contribution in [0, 0.1) is 0 Å². The van der Waals surface area contributed by atoms with Crippen molar-refractivity contribution in [3.8, 4) is 5.75 Å². The molecule has 0 aromatic heterocycles. The molecular weight excluding hydrogens is 347 g/mol. The van der Waals surface area contributed by atoms with Crippen molar-refractivity contribution >= 4 is 46.7 Å². The summed E-state index contributed by atoms with van der Waals surface area (Å²) < 4.78 is 0. The number of benzene rings is 2. The minimum atomic E-state index is -0.242. The number of allylic oxidation sites excluding steroid dienone is 1. The molecule has 1 amide bonds. The molecule has 24 heavy (non-hydrogen) atoms. The van der Waals surface area contributed by atoms with Gasteiger partial charge in [-0.3, -0.25) is 9.79 Å². The van der Waals surface area contributed by atoms with E-state index in [1.54, 1.807) is 18.2 Å². The summed E-state index contributed by atoms with van der Waals surface area (Å²) in [4.78, 5) is 15.4. The van der Waals surface area contributed by atoms with E-state index in [0.717, 1.165) is 5.56 Å². The van der Waals surface area contributed by atoms with Crippen molar-refractivity contribution < 1.29 is 9.90 Å². The topological polar surface area (TPSA) is 61.7 Å². The molecule has 4 nitrogen and oxygen atoms in total. The van der Waals surface area contributed by atoms with Crippen LogP contribution in [-0.2, 0) is 11.2 Å². The molecule has 2 rings (SSSR count). The van der Waals surface area contributed by atoms with Crippen LogP contribution in [0.15, 0.2) is 48.0 Å². The second kappa shape index (κ2) is 7.99. The van der Waals surface area contributed by atoms with Gasteiger partial charge in [0, 0.05) is 18.7 Å². The van der Waals surface area contributed by atoms with E-state index in [0.29, 0.717) is 33.4 Å². The summed E-state index contributed by atoms with van der Waals surface area (Å²) in [6, 6.07) is 8.48. The number of anilines is 1. The fraction of sp³-hybridized carbons (Fsp3) is 0.111. The van der Waals surface area contributed by atoms with Gasteiger partial charge in [-0.05, 0) is 30.2 Å². The summed E-state index contributed by atoms with van der Waals surface area (Å²) in [6.07, 6.45) is 3.79. The van der Waals surface area contributed by atoms with E-state index in [1.807, 2.05) is 12.1 Å². The molecule has 2 aromatic rings. The monoisotopic (exact) mass is 362 g/mol. The number of phenolic OH excluding ortho intramolecular Hbond substituents is 1. The third kappa shape index (κ3) is 4.37. The summed E-state index contributed by atoms with van der Waals surface area (Å²) in [5.41, 5.74) is 2.18. The van der Waals surface area contributed by atoms with Crippen LogP contribution in [-0.4, -0.2) is 17.2 Å². The highest BCUT2D eigenvalue weighted by atomic mass is 35.5. The number of rotatable bonds is 5. The number of para-hydroxylation sites is 1. The van der Waals surface area contributed by atoms with Gasteiger partial charge in [0.25, 0.3) is 0 Å². The number of halogens is 2. The number of aromatic hydroxyl groups is 1. The molecule has 0 radical (unpaired) electrons. The lowest BCUT2D eigenvalue weighted by Crippen LogP contribution is -2.06. The molecule has 0 saturated heterocycles. The van der Waals surface area contributed by atoms with Gasteiger partial charge < -0.3 is 10.4 Å². The number of aliphatic imine (C=N–C) groups is 1. The van der Waals surface area contributed by atoms with Gasteiger partial charge in [0.1, 0.15) is 5.75 Å². The number of phenols is 1. The molecule has 2 aromatic carbocycles. The van der Waals surface area contributed by atoms with Crippen molar-refractivity contribution in [1.29, 1.82) is 0 Å². The summed E-state index contributed by atoms with van der Waals surface area (Å²) in [5.74, 6) is -0.0913. The molecule has 0 spiro atoms. The zero-order valence-corrected chi connectivity index (χ0v) is 14.5. The molecule has 124 valence electrons. The molecule has 2 N–H and O–H groups in total. The first-order valence-corrected chi connectivity index (χ1v) is 7.90. The molecule has 6 heteroatoms. The van der Waals surface area contributed by atoms with E-state index in [2.05, 4.69) is 16.9 Å². The first-order chi connectivity index (χ1) is 11.4. The SMILES string of the molecule is C=CCc1cccc(C=Nc2cc(Cl)c(NC(C)=O)cc2Cl)c1O. The highest BCUT2D eigenvalue weighted by molar-refractivity contribution is 6.37. The fourth-order valence-electron chi connectivity index (χ4n) is 2.10. The Balaban J connectivity index is 2.33. The van der Waals surface area contributed by atoms with Crippen LogP contribution in [0.4, 0.5) is 11.4 Å². The number of carbonyl (C=O) groups is 1. The zero-order chi connectivity index (χ0) is 17.7. The lowest BCUT2D eigenvalue weighted by molar-refractivity contribution is -0.114. The number of hydrogen-bond acceptors (Lipinski definition) is 3. The van der Waals surface area contributed by atoms with Gasteiger partial charge in [0.2, 0.25) is 5.91 Å². The Bertz CT molecular complexity index is 817. The lowest BCUT2D eigenvalue weighted by Gasteiger charge is -2.08. The predicted molar refractivity (Wildman–Crippen MR) is 100 cm³/mol. The quantitative estimate of drug-likeness (QED) is 0.571. The molecule has 0 aliphatic rings. The van der Waals surface area contributed by atoms with Crippen LogP contribution in [0.5, 0.6) is 5.75 Å². The Morgan fingerprint density at radius 3 is 2.75 bits per heavy atom. The number of nitrogens with one attached hydrogen (secondary N) is 1. The molecule has 0 atom stereocenters. The molecule has 0 aliphatic heterocycles. The van der Waals surface area contributed by atoms with Gasteiger partial charge in [0.15, 0.2) is 0 Å². The average molecular weight is 363 g/mol. The van der Waals surface area contributed by atoms with Crippen LogP contribution >= 0.6 is 23.2 Å². The van der Waals surface area contributed by atoms with E-state index < -0.39 is 0 Å². The van der Waals surface area contributed by atoms with Gasteiger partial charge in [-0.25, -0.2) is 0 Å². The van der Waals surface area contributed by atoms with E-state index in [-0.39, 0.29) is 11.7 Å². The molecule has 0 aliphatic carbocycles. The Hall–Kier alpha value is -2.30. The third-order valence-electron chi connectivity index (χ3n) is 3.20. The van der Waals surface area contributed by atoms with Gasteiger partial charge in [-0.1, -0.05) is 41.4 Å². The molecule has 0 saturated carbocycles. The maximum atomic E-state index is 11.1. The fourth-order valence-corrected chi connectivity index (χ4v) is 2.51. The third-order valence-corrected chi connectivity index (χ3v) is 3.82. The Labute approximate surface area is 150 Å². The zero-order valence-electron chi connectivity index (χ0n) is 13.0. The Kier molecular flexibility index (Phi) is 6.01. The number of amides is 1. The maximum absolute atomic E-state index is 11.1. The van der Waals surface area contributed by atoms with E-state index in [9.17, 15) is 9.90 Å². The highest BCUT2D eigenvalue weighted by Gasteiger charge is 2.09. The van der Waals surface area contributed by atoms with Crippen molar-refractivity contribution in [3.63, 3.8) is 0 Å². The molecule has 0 fully saturated rings. The number of nitrogens with zero attached hydrogens (tertiary/aromatic N) is 1. The average Bonchev–Trinajstić information content (AvgIpc) is 2.52. The summed E-state index contributed by atoms with van der Waals surface area (Å²) in [5, 5.41) is 13.5. The van der Waals surface area contributed by atoms with Gasteiger partial charge in [-0.2, -0.15) is 0 Å². The van der Waals surface area contributed by atoms with Crippen molar-refractivity contribution in [2.24, 2.45) is 4.99 Å². The van der Waals surface area contributed by atoms with Crippen molar-refractivity contribution in [3.05, 3.63) is 64.2 Å². The summed E-state index contributed by atoms with van der Waals surface area (Å²) >= 11 is 12.3. The van der Waals surface area contributed by atoms with Crippen LogP contribution in [0.3, 0.4) is 0 Å². The van der Waals surface area contributed by atoms with Crippen LogP contribution in [0.1, 0.15) is 18.1 Å². The standard InChI is InChI=1S/C18H16Cl2N2O2/c1-3-5-12-6-4-7-13(18(12)24)10-21-16-8-15(20)17(9-14(16)19)22-11(2)23/h3-4,6-10,24H,1,5H2,2H3,(H,22,23). The number of hydrogen-bond donors (Lipinski definition) is 2. The highest BCUT2D eigenvalue weighted by Crippen LogP contribution is 2.34. The Morgan fingerprint density at radius 1 is 1.33 bits per heavy atom. The van der Waals surface area contributed by atoms with Crippen LogP contribution in [0.2, 0.25) is 10.0 Å². The van der Waals surface area contributed by atoms with Crippen LogP contribution < -0.4 is 5.32 Å². The maximum Gasteiger partial charge on any atom is 0.221 e. The number of carbonyl (C=O) groups excluding carboxylic acids is 1. The summed E-state index contributed by atoms with van der Waals surface area (Å²) in [6.45, 7) is 5.05. The van der Waals surface area contributed by atoms with Gasteiger partial charge in [-0.15, -0.1) is 6.58 Å². The van der Waals surface area contributed by atoms with Crippen LogP contribution in [0.25, 0.3) is 0 Å². The first kappa shape index (κ1) is 18.0. The second-order valence-corrected chi connectivity index (χ2v) is 5.89. The molecular formula is C18H16Cl2N2O2. The van der Waals surface area contributed by atoms with Crippen molar-refractivity contribution in [2.75, 3.05) is 5.32 Å². The largest absolute Gasteiger partial charge is 0.507 e. The first-order valence-electron chi connectivity index (χ1n) is 7.14. The predicted octanol–water partition coefficient (Wildman–Crippen LogP) is 5.14. The second-order valence-electron chi connectivity index (χ2n) is 5.07. The minimum Gasteiger partial charge on any atom is -0.507 e. The smallest absolute Gasteiger partial charge is 0.221 e. The van der Waals surface area contributed by atoms with Crippen molar-refractivity contribution in [1.82, 2.24) is 0 Å².